The number of hydrogen-bond acceptors (Lipinski definition) is 3. The van der Waals surface area contributed by atoms with Crippen molar-refractivity contribution in [2.45, 2.75) is 39.5 Å². The zero-order valence-corrected chi connectivity index (χ0v) is 12.9. The number of halogens is 1. The van der Waals surface area contributed by atoms with Crippen LogP contribution in [0.15, 0.2) is 24.4 Å². The molecular formula is C17H24FN3. The standard InChI is InChI=1S/C17H24FN3/c1-3-5-10-21(11-6-4-2)17-14(18)12-15(19)13-8-7-9-20-16(13)17/h7-9,12H,3-6,10-11,19H2,1-2H3. The third kappa shape index (κ3) is 3.43. The Kier molecular flexibility index (Phi) is 5.37. The molecule has 1 aromatic heterocycles. The largest absolute Gasteiger partial charge is 0.398 e. The Bertz CT molecular complexity index is 590. The van der Waals surface area contributed by atoms with Crippen LogP contribution in [0.1, 0.15) is 39.5 Å². The Hall–Kier alpha value is -1.84. The lowest BCUT2D eigenvalue weighted by Gasteiger charge is -2.26. The molecule has 4 heteroatoms. The molecular weight excluding hydrogens is 265 g/mol. The van der Waals surface area contributed by atoms with Crippen LogP contribution in [0.2, 0.25) is 0 Å². The van der Waals surface area contributed by atoms with Crippen molar-refractivity contribution >= 4 is 22.3 Å². The van der Waals surface area contributed by atoms with Gasteiger partial charge in [-0.2, -0.15) is 0 Å². The van der Waals surface area contributed by atoms with Gasteiger partial charge in [0, 0.05) is 30.4 Å². The first-order valence-corrected chi connectivity index (χ1v) is 7.76. The summed E-state index contributed by atoms with van der Waals surface area (Å²) in [6, 6.07) is 5.16. The van der Waals surface area contributed by atoms with Gasteiger partial charge in [-0.25, -0.2) is 4.39 Å². The van der Waals surface area contributed by atoms with E-state index in [9.17, 15) is 4.39 Å². The number of rotatable bonds is 7. The van der Waals surface area contributed by atoms with Gasteiger partial charge in [-0.05, 0) is 31.0 Å². The number of aromatic nitrogens is 1. The highest BCUT2D eigenvalue weighted by atomic mass is 19.1. The summed E-state index contributed by atoms with van der Waals surface area (Å²) in [5.41, 5.74) is 7.64. The van der Waals surface area contributed by atoms with Crippen LogP contribution in [-0.4, -0.2) is 18.1 Å². The zero-order valence-electron chi connectivity index (χ0n) is 12.9. The minimum Gasteiger partial charge on any atom is -0.398 e. The molecule has 114 valence electrons. The van der Waals surface area contributed by atoms with E-state index >= 15 is 0 Å². The number of unbranched alkanes of at least 4 members (excludes halogenated alkanes) is 2. The van der Waals surface area contributed by atoms with Crippen LogP contribution in [0.3, 0.4) is 0 Å². The molecule has 0 radical (unpaired) electrons. The second-order valence-corrected chi connectivity index (χ2v) is 5.39. The van der Waals surface area contributed by atoms with Gasteiger partial charge in [0.2, 0.25) is 0 Å². The molecule has 0 aliphatic carbocycles. The van der Waals surface area contributed by atoms with Gasteiger partial charge in [-0.15, -0.1) is 0 Å². The van der Waals surface area contributed by atoms with E-state index < -0.39 is 0 Å². The third-order valence-electron chi connectivity index (χ3n) is 3.73. The molecule has 21 heavy (non-hydrogen) atoms. The Balaban J connectivity index is 2.49. The molecule has 0 spiro atoms. The number of nitrogens with zero attached hydrogens (tertiary/aromatic N) is 2. The number of hydrogen-bond donors (Lipinski definition) is 1. The number of nitrogen functional groups attached to an aromatic ring is 1. The van der Waals surface area contributed by atoms with E-state index in [0.29, 0.717) is 16.9 Å². The first-order valence-electron chi connectivity index (χ1n) is 7.76. The molecule has 0 atom stereocenters. The van der Waals surface area contributed by atoms with Gasteiger partial charge >= 0.3 is 0 Å². The minimum atomic E-state index is -0.272. The number of fused-ring (bicyclic) bond motifs is 1. The molecule has 1 heterocycles. The van der Waals surface area contributed by atoms with Crippen LogP contribution in [0.4, 0.5) is 15.8 Å². The smallest absolute Gasteiger partial charge is 0.150 e. The van der Waals surface area contributed by atoms with E-state index in [2.05, 4.69) is 23.7 Å². The van der Waals surface area contributed by atoms with E-state index in [1.807, 2.05) is 12.1 Å². The highest BCUT2D eigenvalue weighted by Gasteiger charge is 2.17. The molecule has 2 rings (SSSR count). The fourth-order valence-corrected chi connectivity index (χ4v) is 2.56. The van der Waals surface area contributed by atoms with E-state index in [4.69, 9.17) is 5.73 Å². The van der Waals surface area contributed by atoms with Crippen molar-refractivity contribution in [3.05, 3.63) is 30.2 Å². The number of benzene rings is 1. The van der Waals surface area contributed by atoms with Crippen molar-refractivity contribution in [3.8, 4) is 0 Å². The van der Waals surface area contributed by atoms with E-state index in [-0.39, 0.29) is 5.82 Å². The Morgan fingerprint density at radius 2 is 1.86 bits per heavy atom. The predicted octanol–water partition coefficient (Wildman–Crippen LogP) is 4.36. The third-order valence-corrected chi connectivity index (χ3v) is 3.73. The molecule has 0 bridgehead atoms. The molecule has 0 aliphatic rings. The first-order chi connectivity index (χ1) is 10.2. The highest BCUT2D eigenvalue weighted by Crippen LogP contribution is 2.32. The summed E-state index contributed by atoms with van der Waals surface area (Å²) in [5.74, 6) is -0.272. The van der Waals surface area contributed by atoms with Crippen molar-refractivity contribution < 1.29 is 4.39 Å². The average molecular weight is 289 g/mol. The molecule has 0 fully saturated rings. The first kappa shape index (κ1) is 15.5. The second kappa shape index (κ2) is 7.25. The molecule has 1 aromatic carbocycles. The molecule has 0 saturated carbocycles. The lowest BCUT2D eigenvalue weighted by molar-refractivity contribution is 0.607. The summed E-state index contributed by atoms with van der Waals surface area (Å²) < 4.78 is 14.5. The number of anilines is 2. The fraction of sp³-hybridized carbons (Fsp3) is 0.471. The molecule has 0 unspecified atom stereocenters. The maximum absolute atomic E-state index is 14.5. The molecule has 0 aliphatic heterocycles. The summed E-state index contributed by atoms with van der Waals surface area (Å²) in [5, 5.41) is 0.826. The summed E-state index contributed by atoms with van der Waals surface area (Å²) in [6.07, 6.45) is 5.96. The van der Waals surface area contributed by atoms with Gasteiger partial charge in [0.05, 0.1) is 11.2 Å². The Labute approximate surface area is 126 Å². The van der Waals surface area contributed by atoms with Crippen molar-refractivity contribution in [2.75, 3.05) is 23.7 Å². The minimum absolute atomic E-state index is 0.272. The van der Waals surface area contributed by atoms with Gasteiger partial charge < -0.3 is 10.6 Å². The maximum atomic E-state index is 14.5. The fourth-order valence-electron chi connectivity index (χ4n) is 2.56. The summed E-state index contributed by atoms with van der Waals surface area (Å²) >= 11 is 0. The predicted molar refractivity (Wildman–Crippen MR) is 88.1 cm³/mol. The second-order valence-electron chi connectivity index (χ2n) is 5.39. The van der Waals surface area contributed by atoms with E-state index in [1.165, 1.54) is 6.07 Å². The van der Waals surface area contributed by atoms with Crippen LogP contribution >= 0.6 is 0 Å². The summed E-state index contributed by atoms with van der Waals surface area (Å²) in [4.78, 5) is 6.50. The highest BCUT2D eigenvalue weighted by molar-refractivity contribution is 5.98. The van der Waals surface area contributed by atoms with Gasteiger partial charge in [0.15, 0.2) is 5.82 Å². The van der Waals surface area contributed by atoms with Crippen molar-refractivity contribution in [3.63, 3.8) is 0 Å². The quantitative estimate of drug-likeness (QED) is 0.770. The molecule has 0 saturated heterocycles. The summed E-state index contributed by atoms with van der Waals surface area (Å²) in [6.45, 7) is 5.99. The monoisotopic (exact) mass is 289 g/mol. The van der Waals surface area contributed by atoms with Crippen LogP contribution in [0.5, 0.6) is 0 Å². The molecule has 3 nitrogen and oxygen atoms in total. The van der Waals surface area contributed by atoms with Gasteiger partial charge in [0.1, 0.15) is 0 Å². The van der Waals surface area contributed by atoms with E-state index in [0.717, 1.165) is 44.2 Å². The Morgan fingerprint density at radius 3 is 2.48 bits per heavy atom. The topological polar surface area (TPSA) is 42.1 Å². The normalized spacial score (nSPS) is 11.0. The van der Waals surface area contributed by atoms with Crippen LogP contribution in [0, 0.1) is 5.82 Å². The summed E-state index contributed by atoms with van der Waals surface area (Å²) in [7, 11) is 0. The molecule has 2 N–H and O–H groups in total. The molecule has 2 aromatic rings. The lowest BCUT2D eigenvalue weighted by Crippen LogP contribution is -2.27. The number of pyridine rings is 1. The van der Waals surface area contributed by atoms with Gasteiger partial charge in [0.25, 0.3) is 0 Å². The maximum Gasteiger partial charge on any atom is 0.150 e. The van der Waals surface area contributed by atoms with Crippen molar-refractivity contribution in [2.24, 2.45) is 0 Å². The zero-order chi connectivity index (χ0) is 15.2. The Morgan fingerprint density at radius 1 is 1.19 bits per heavy atom. The SMILES string of the molecule is CCCCN(CCCC)c1c(F)cc(N)c2cccnc12. The van der Waals surface area contributed by atoms with Gasteiger partial charge in [-0.3, -0.25) is 4.98 Å². The van der Waals surface area contributed by atoms with Crippen molar-refractivity contribution in [1.82, 2.24) is 4.98 Å². The van der Waals surface area contributed by atoms with Crippen LogP contribution in [-0.2, 0) is 0 Å². The lowest BCUT2D eigenvalue weighted by atomic mass is 10.1. The number of nitrogens with two attached hydrogens (primary N) is 1. The van der Waals surface area contributed by atoms with E-state index in [1.54, 1.807) is 6.20 Å². The van der Waals surface area contributed by atoms with Crippen LogP contribution < -0.4 is 10.6 Å². The average Bonchev–Trinajstić information content (AvgIpc) is 2.49. The van der Waals surface area contributed by atoms with Gasteiger partial charge in [-0.1, -0.05) is 26.7 Å². The molecule has 0 amide bonds. The van der Waals surface area contributed by atoms with Crippen LogP contribution in [0.25, 0.3) is 10.9 Å². The van der Waals surface area contributed by atoms with Crippen molar-refractivity contribution in [1.29, 1.82) is 0 Å².